The number of fused-ring (bicyclic) bond motifs is 1. The van der Waals surface area contributed by atoms with Crippen LogP contribution >= 0.6 is 11.6 Å². The molecular weight excluding hydrogens is 423 g/mol. The van der Waals surface area contributed by atoms with E-state index in [0.29, 0.717) is 18.4 Å². The summed E-state index contributed by atoms with van der Waals surface area (Å²) in [5, 5.41) is 11.5. The van der Waals surface area contributed by atoms with Gasteiger partial charge in [0.2, 0.25) is 0 Å². The van der Waals surface area contributed by atoms with Crippen LogP contribution in [0.2, 0.25) is 5.02 Å². The third-order valence-electron chi connectivity index (χ3n) is 4.79. The first kappa shape index (κ1) is 20.3. The van der Waals surface area contributed by atoms with Gasteiger partial charge in [0.15, 0.2) is 11.6 Å². The van der Waals surface area contributed by atoms with E-state index in [1.54, 1.807) is 0 Å². The first-order chi connectivity index (χ1) is 14.3. The van der Waals surface area contributed by atoms with Gasteiger partial charge < -0.3 is 5.32 Å². The Bertz CT molecular complexity index is 1120. The van der Waals surface area contributed by atoms with Crippen LogP contribution in [-0.4, -0.2) is 35.6 Å². The molecule has 1 aliphatic rings. The van der Waals surface area contributed by atoms with Gasteiger partial charge in [0.25, 0.3) is 5.56 Å². The maximum atomic E-state index is 12.7. The molecule has 4 heterocycles. The van der Waals surface area contributed by atoms with E-state index >= 15 is 0 Å². The molecule has 0 saturated heterocycles. The molecule has 12 heteroatoms. The second kappa shape index (κ2) is 7.71. The van der Waals surface area contributed by atoms with E-state index < -0.39 is 17.3 Å². The molecule has 8 nitrogen and oxygen atoms in total. The molecule has 3 aromatic heterocycles. The Morgan fingerprint density at radius 3 is 2.77 bits per heavy atom. The van der Waals surface area contributed by atoms with Crippen LogP contribution < -0.4 is 10.9 Å². The molecule has 1 N–H and O–H groups in total. The highest BCUT2D eigenvalue weighted by molar-refractivity contribution is 6.32. The van der Waals surface area contributed by atoms with Crippen molar-refractivity contribution in [3.8, 4) is 5.82 Å². The lowest BCUT2D eigenvalue weighted by Crippen LogP contribution is -2.33. The highest BCUT2D eigenvalue weighted by atomic mass is 35.5. The molecule has 1 unspecified atom stereocenters. The summed E-state index contributed by atoms with van der Waals surface area (Å²) in [4.78, 5) is 20.7. The van der Waals surface area contributed by atoms with E-state index in [1.165, 1.54) is 6.20 Å². The van der Waals surface area contributed by atoms with Gasteiger partial charge in [-0.05, 0) is 18.6 Å². The quantitative estimate of drug-likeness (QED) is 0.672. The number of nitrogens with zero attached hydrogens (tertiary/aromatic N) is 6. The van der Waals surface area contributed by atoms with Crippen molar-refractivity contribution in [2.75, 3.05) is 5.32 Å². The predicted molar refractivity (Wildman–Crippen MR) is 103 cm³/mol. The molecule has 0 amide bonds. The monoisotopic (exact) mass is 439 g/mol. The summed E-state index contributed by atoms with van der Waals surface area (Å²) in [6, 6.07) is 1.88. The number of aromatic nitrogens is 6. The largest absolute Gasteiger partial charge is 0.417 e. The van der Waals surface area contributed by atoms with Crippen LogP contribution in [0.15, 0.2) is 29.3 Å². The summed E-state index contributed by atoms with van der Waals surface area (Å²) in [5.74, 6) is 1.66. The van der Waals surface area contributed by atoms with Gasteiger partial charge in [-0.25, -0.2) is 14.6 Å². The lowest BCUT2D eigenvalue weighted by molar-refractivity contribution is -0.137. The number of pyridine rings is 1. The molecule has 0 saturated carbocycles. The summed E-state index contributed by atoms with van der Waals surface area (Å²) in [7, 11) is 0. The molecule has 1 atom stereocenters. The Morgan fingerprint density at radius 1 is 1.30 bits per heavy atom. The molecule has 3 aromatic rings. The van der Waals surface area contributed by atoms with E-state index in [1.807, 2.05) is 11.6 Å². The zero-order chi connectivity index (χ0) is 21.5. The third-order valence-corrected chi connectivity index (χ3v) is 5.15. The minimum absolute atomic E-state index is 0.0253. The Balaban J connectivity index is 1.54. The van der Waals surface area contributed by atoms with Crippen molar-refractivity contribution in [2.45, 2.75) is 44.9 Å². The highest BCUT2D eigenvalue weighted by Crippen LogP contribution is 2.28. The summed E-state index contributed by atoms with van der Waals surface area (Å²) in [6.45, 7) is 2.56. The van der Waals surface area contributed by atoms with Gasteiger partial charge in [-0.3, -0.25) is 4.79 Å². The maximum absolute atomic E-state index is 12.7. The van der Waals surface area contributed by atoms with Crippen molar-refractivity contribution >= 4 is 17.3 Å². The van der Waals surface area contributed by atoms with Crippen LogP contribution in [0.25, 0.3) is 5.82 Å². The minimum atomic E-state index is -4.52. The molecule has 1 aliphatic heterocycles. The first-order valence-corrected chi connectivity index (χ1v) is 9.64. The van der Waals surface area contributed by atoms with E-state index in [4.69, 9.17) is 11.6 Å². The number of anilines is 1. The molecular formula is C18H17ClF3N7O. The molecule has 0 radical (unpaired) electrons. The number of rotatable bonds is 4. The van der Waals surface area contributed by atoms with Crippen LogP contribution in [0, 0.1) is 0 Å². The molecule has 0 bridgehead atoms. The number of alkyl halides is 3. The highest BCUT2D eigenvalue weighted by Gasteiger charge is 2.31. The van der Waals surface area contributed by atoms with E-state index in [2.05, 4.69) is 25.5 Å². The smallest absolute Gasteiger partial charge is 0.378 e. The van der Waals surface area contributed by atoms with Crippen LogP contribution in [0.4, 0.5) is 18.9 Å². The summed E-state index contributed by atoms with van der Waals surface area (Å²) >= 11 is 6.22. The third kappa shape index (κ3) is 3.89. The SMILES string of the molecule is CCc1nc2n(n1)CC(Nc1cnn(-c3ccc(C(F)(F)F)cn3)c(=O)c1Cl)CC2. The van der Waals surface area contributed by atoms with Gasteiger partial charge >= 0.3 is 6.18 Å². The van der Waals surface area contributed by atoms with Crippen molar-refractivity contribution < 1.29 is 13.2 Å². The van der Waals surface area contributed by atoms with E-state index in [9.17, 15) is 18.0 Å². The molecule has 0 spiro atoms. The summed E-state index contributed by atoms with van der Waals surface area (Å²) in [6.07, 6.45) is -0.242. The summed E-state index contributed by atoms with van der Waals surface area (Å²) in [5.41, 5.74) is -1.26. The van der Waals surface area contributed by atoms with E-state index in [0.717, 1.165) is 47.7 Å². The van der Waals surface area contributed by atoms with Crippen molar-refractivity contribution in [2.24, 2.45) is 0 Å². The average Bonchev–Trinajstić information content (AvgIpc) is 3.14. The number of hydrogen-bond acceptors (Lipinski definition) is 6. The van der Waals surface area contributed by atoms with Gasteiger partial charge in [-0.15, -0.1) is 0 Å². The lowest BCUT2D eigenvalue weighted by atomic mass is 10.1. The van der Waals surface area contributed by atoms with Gasteiger partial charge in [0, 0.05) is 25.1 Å². The Labute approximate surface area is 173 Å². The minimum Gasteiger partial charge on any atom is -0.378 e. The van der Waals surface area contributed by atoms with Crippen LogP contribution in [0.5, 0.6) is 0 Å². The summed E-state index contributed by atoms with van der Waals surface area (Å²) < 4.78 is 40.8. The Morgan fingerprint density at radius 2 is 2.10 bits per heavy atom. The molecule has 4 rings (SSSR count). The topological polar surface area (TPSA) is 90.5 Å². The first-order valence-electron chi connectivity index (χ1n) is 9.27. The zero-order valence-electron chi connectivity index (χ0n) is 15.8. The van der Waals surface area contributed by atoms with Crippen LogP contribution in [0.1, 0.15) is 30.6 Å². The van der Waals surface area contributed by atoms with Gasteiger partial charge in [-0.1, -0.05) is 18.5 Å². The second-order valence-corrected chi connectivity index (χ2v) is 7.23. The van der Waals surface area contributed by atoms with Crippen molar-refractivity contribution in [1.82, 2.24) is 29.5 Å². The Hall–Kier alpha value is -2.95. The number of nitrogens with one attached hydrogen (secondary N) is 1. The van der Waals surface area contributed by atoms with Crippen molar-refractivity contribution in [3.05, 3.63) is 57.1 Å². The number of aryl methyl sites for hydroxylation is 2. The van der Waals surface area contributed by atoms with Crippen LogP contribution in [-0.2, 0) is 25.6 Å². The van der Waals surface area contributed by atoms with Gasteiger partial charge in [0.1, 0.15) is 10.8 Å². The lowest BCUT2D eigenvalue weighted by Gasteiger charge is -2.24. The fourth-order valence-electron chi connectivity index (χ4n) is 3.22. The molecule has 0 fully saturated rings. The second-order valence-electron chi connectivity index (χ2n) is 6.85. The van der Waals surface area contributed by atoms with Crippen LogP contribution in [0.3, 0.4) is 0 Å². The van der Waals surface area contributed by atoms with Gasteiger partial charge in [-0.2, -0.15) is 28.1 Å². The number of hydrogen-bond donors (Lipinski definition) is 1. The van der Waals surface area contributed by atoms with Gasteiger partial charge in [0.05, 0.1) is 24.0 Å². The standard InChI is InChI=1S/C18H17ClF3N7O/c1-2-13-26-15-6-4-11(9-28(15)27-13)25-12-8-24-29(17(30)16(12)19)14-5-3-10(7-23-14)18(20,21)22/h3,5,7-8,11,25H,2,4,6,9H2,1H3. The molecule has 0 aliphatic carbocycles. The molecule has 158 valence electrons. The number of halogens is 4. The molecule has 0 aromatic carbocycles. The van der Waals surface area contributed by atoms with Crippen molar-refractivity contribution in [1.29, 1.82) is 0 Å². The normalized spacial score (nSPS) is 16.4. The fraction of sp³-hybridized carbons (Fsp3) is 0.389. The fourth-order valence-corrected chi connectivity index (χ4v) is 3.41. The predicted octanol–water partition coefficient (Wildman–Crippen LogP) is 2.88. The zero-order valence-corrected chi connectivity index (χ0v) is 16.6. The van der Waals surface area contributed by atoms with E-state index in [-0.39, 0.29) is 16.9 Å². The maximum Gasteiger partial charge on any atom is 0.417 e. The average molecular weight is 440 g/mol. The molecule has 30 heavy (non-hydrogen) atoms. The van der Waals surface area contributed by atoms with Crippen molar-refractivity contribution in [3.63, 3.8) is 0 Å². The Kier molecular flexibility index (Phi) is 5.22.